The molecule has 0 aliphatic rings. The van der Waals surface area contributed by atoms with E-state index < -0.39 is 23.3 Å². The molecule has 0 bridgehead atoms. The summed E-state index contributed by atoms with van der Waals surface area (Å²) in [4.78, 5) is 11.5. The predicted octanol–water partition coefficient (Wildman–Crippen LogP) is 3.13. The van der Waals surface area contributed by atoms with Crippen molar-refractivity contribution in [2.24, 2.45) is 0 Å². The van der Waals surface area contributed by atoms with Gasteiger partial charge in [-0.05, 0) is 19.1 Å². The molecule has 0 amide bonds. The molecule has 0 atom stereocenters. The molecule has 2 aromatic rings. The van der Waals surface area contributed by atoms with E-state index in [0.717, 1.165) is 6.20 Å². The van der Waals surface area contributed by atoms with E-state index in [2.05, 4.69) is 4.74 Å². The van der Waals surface area contributed by atoms with Crippen molar-refractivity contribution in [3.05, 3.63) is 41.7 Å². The van der Waals surface area contributed by atoms with Gasteiger partial charge in [-0.15, -0.1) is 0 Å². The van der Waals surface area contributed by atoms with Crippen LogP contribution < -0.4 is 0 Å². The maximum Gasteiger partial charge on any atom is 0.419 e. The average Bonchev–Trinajstić information content (AvgIpc) is 2.68. The van der Waals surface area contributed by atoms with Crippen molar-refractivity contribution in [3.8, 4) is 0 Å². The van der Waals surface area contributed by atoms with Gasteiger partial charge >= 0.3 is 12.1 Å². The zero-order chi connectivity index (χ0) is 13.3. The van der Waals surface area contributed by atoms with Crippen LogP contribution in [0.25, 0.3) is 5.52 Å². The number of hydrogen-bond donors (Lipinski definition) is 0. The van der Waals surface area contributed by atoms with Crippen molar-refractivity contribution in [2.45, 2.75) is 13.1 Å². The Labute approximate surface area is 101 Å². The van der Waals surface area contributed by atoms with E-state index in [1.54, 1.807) is 13.0 Å². The van der Waals surface area contributed by atoms with Gasteiger partial charge in [-0.25, -0.2) is 4.79 Å². The molecule has 0 fully saturated rings. The zero-order valence-corrected chi connectivity index (χ0v) is 9.49. The van der Waals surface area contributed by atoms with Gasteiger partial charge in [-0.3, -0.25) is 0 Å². The lowest BCUT2D eigenvalue weighted by Crippen LogP contribution is -2.13. The minimum absolute atomic E-state index is 0.0301. The van der Waals surface area contributed by atoms with Crippen LogP contribution in [-0.2, 0) is 10.9 Å². The van der Waals surface area contributed by atoms with Crippen LogP contribution in [0.5, 0.6) is 0 Å². The monoisotopic (exact) mass is 257 g/mol. The molecule has 96 valence electrons. The molecule has 3 nitrogen and oxygen atoms in total. The molecule has 0 radical (unpaired) electrons. The van der Waals surface area contributed by atoms with Gasteiger partial charge < -0.3 is 9.14 Å². The maximum atomic E-state index is 13.0. The highest BCUT2D eigenvalue weighted by Gasteiger charge is 2.39. The van der Waals surface area contributed by atoms with E-state index >= 15 is 0 Å². The highest BCUT2D eigenvalue weighted by molar-refractivity contribution is 5.94. The summed E-state index contributed by atoms with van der Waals surface area (Å²) in [6.07, 6.45) is -2.01. The van der Waals surface area contributed by atoms with Crippen LogP contribution in [0.2, 0.25) is 0 Å². The molecule has 0 unspecified atom stereocenters. The lowest BCUT2D eigenvalue weighted by Gasteiger charge is -2.08. The summed E-state index contributed by atoms with van der Waals surface area (Å²) in [6, 6.07) is 4.38. The molecule has 2 heterocycles. The van der Waals surface area contributed by atoms with E-state index in [-0.39, 0.29) is 12.1 Å². The van der Waals surface area contributed by atoms with Crippen LogP contribution in [0, 0.1) is 0 Å². The SMILES string of the molecule is CCOC(=O)c1cn2ccccc2c1C(F)(F)F. The highest BCUT2D eigenvalue weighted by Crippen LogP contribution is 2.36. The average molecular weight is 257 g/mol. The van der Waals surface area contributed by atoms with Gasteiger partial charge in [0.2, 0.25) is 0 Å². The lowest BCUT2D eigenvalue weighted by molar-refractivity contribution is -0.136. The molecular formula is C12H10F3NO2. The van der Waals surface area contributed by atoms with Crippen molar-refractivity contribution >= 4 is 11.5 Å². The van der Waals surface area contributed by atoms with Gasteiger partial charge in [0.15, 0.2) is 0 Å². The van der Waals surface area contributed by atoms with Crippen LogP contribution >= 0.6 is 0 Å². The van der Waals surface area contributed by atoms with E-state index in [4.69, 9.17) is 0 Å². The summed E-state index contributed by atoms with van der Waals surface area (Å²) in [6.45, 7) is 1.57. The molecule has 2 aromatic heterocycles. The third-order valence-electron chi connectivity index (χ3n) is 2.46. The molecule has 0 aliphatic heterocycles. The number of halogens is 3. The summed E-state index contributed by atoms with van der Waals surface area (Å²) in [7, 11) is 0. The number of rotatable bonds is 2. The molecular weight excluding hydrogens is 247 g/mol. The number of fused-ring (bicyclic) bond motifs is 1. The first-order valence-corrected chi connectivity index (χ1v) is 5.29. The van der Waals surface area contributed by atoms with Crippen LogP contribution in [0.3, 0.4) is 0 Å². The summed E-state index contributed by atoms with van der Waals surface area (Å²) in [5, 5.41) is 0. The Bertz CT molecular complexity index is 587. The molecule has 2 rings (SSSR count). The number of nitrogens with zero attached hydrogens (tertiary/aromatic N) is 1. The number of carbonyl (C=O) groups is 1. The van der Waals surface area contributed by atoms with Crippen LogP contribution in [0.4, 0.5) is 13.2 Å². The first-order valence-electron chi connectivity index (χ1n) is 5.29. The Morgan fingerprint density at radius 1 is 1.39 bits per heavy atom. The lowest BCUT2D eigenvalue weighted by atomic mass is 10.1. The van der Waals surface area contributed by atoms with Gasteiger partial charge in [0, 0.05) is 12.4 Å². The van der Waals surface area contributed by atoms with Crippen LogP contribution in [0.1, 0.15) is 22.8 Å². The van der Waals surface area contributed by atoms with E-state index in [9.17, 15) is 18.0 Å². The second-order valence-corrected chi connectivity index (χ2v) is 3.63. The van der Waals surface area contributed by atoms with Crippen molar-refractivity contribution < 1.29 is 22.7 Å². The number of pyridine rings is 1. The molecule has 0 saturated carbocycles. The molecule has 6 heteroatoms. The highest BCUT2D eigenvalue weighted by atomic mass is 19.4. The van der Waals surface area contributed by atoms with Crippen molar-refractivity contribution in [1.82, 2.24) is 4.40 Å². The number of aromatic nitrogens is 1. The molecule has 0 aliphatic carbocycles. The first-order chi connectivity index (χ1) is 8.45. The second kappa shape index (κ2) is 4.36. The summed E-state index contributed by atoms with van der Waals surface area (Å²) in [5.74, 6) is -0.964. The number of carbonyl (C=O) groups excluding carboxylic acids is 1. The smallest absolute Gasteiger partial charge is 0.419 e. The predicted molar refractivity (Wildman–Crippen MR) is 58.4 cm³/mol. The third kappa shape index (κ3) is 2.05. The summed E-state index contributed by atoms with van der Waals surface area (Å²) in [5.41, 5.74) is -1.48. The zero-order valence-electron chi connectivity index (χ0n) is 9.49. The molecule has 0 spiro atoms. The Morgan fingerprint density at radius 2 is 2.11 bits per heavy atom. The quantitative estimate of drug-likeness (QED) is 0.774. The van der Waals surface area contributed by atoms with E-state index in [0.29, 0.717) is 0 Å². The minimum Gasteiger partial charge on any atom is -0.462 e. The van der Waals surface area contributed by atoms with Crippen molar-refractivity contribution in [2.75, 3.05) is 6.61 Å². The fourth-order valence-corrected chi connectivity index (χ4v) is 1.78. The van der Waals surface area contributed by atoms with Gasteiger partial charge in [0.1, 0.15) is 0 Å². The molecule has 0 saturated heterocycles. The standard InChI is InChI=1S/C12H10F3NO2/c1-2-18-11(17)8-7-16-6-4-3-5-9(16)10(8)12(13,14)15/h3-7H,2H2,1H3. The first kappa shape index (κ1) is 12.5. The normalized spacial score (nSPS) is 11.8. The Morgan fingerprint density at radius 3 is 2.72 bits per heavy atom. The number of esters is 1. The van der Waals surface area contributed by atoms with Crippen LogP contribution in [-0.4, -0.2) is 17.0 Å². The second-order valence-electron chi connectivity index (χ2n) is 3.63. The Kier molecular flexibility index (Phi) is 3.02. The third-order valence-corrected chi connectivity index (χ3v) is 2.46. The van der Waals surface area contributed by atoms with Crippen molar-refractivity contribution in [1.29, 1.82) is 0 Å². The van der Waals surface area contributed by atoms with Gasteiger partial charge in [0.05, 0.1) is 23.3 Å². The van der Waals surface area contributed by atoms with E-state index in [1.165, 1.54) is 22.7 Å². The van der Waals surface area contributed by atoms with Crippen LogP contribution in [0.15, 0.2) is 30.6 Å². The molecule has 0 aromatic carbocycles. The summed E-state index contributed by atoms with van der Waals surface area (Å²) < 4.78 is 44.9. The van der Waals surface area contributed by atoms with Gasteiger partial charge in [-0.2, -0.15) is 13.2 Å². The van der Waals surface area contributed by atoms with Gasteiger partial charge in [0.25, 0.3) is 0 Å². The number of alkyl halides is 3. The molecule has 0 N–H and O–H groups in total. The summed E-state index contributed by atoms with van der Waals surface area (Å²) >= 11 is 0. The molecule has 18 heavy (non-hydrogen) atoms. The fraction of sp³-hybridized carbons (Fsp3) is 0.250. The largest absolute Gasteiger partial charge is 0.462 e. The van der Waals surface area contributed by atoms with E-state index in [1.807, 2.05) is 0 Å². The van der Waals surface area contributed by atoms with Crippen molar-refractivity contribution in [3.63, 3.8) is 0 Å². The number of ether oxygens (including phenoxy) is 1. The van der Waals surface area contributed by atoms with Gasteiger partial charge in [-0.1, -0.05) is 6.07 Å². The maximum absolute atomic E-state index is 13.0. The number of hydrogen-bond acceptors (Lipinski definition) is 2. The topological polar surface area (TPSA) is 30.7 Å². The Hall–Kier alpha value is -1.98. The minimum atomic E-state index is -4.60. The Balaban J connectivity index is 2.68. The fourth-order valence-electron chi connectivity index (χ4n) is 1.78.